The number of rotatable bonds is 5. The Morgan fingerprint density at radius 2 is 1.80 bits per heavy atom. The van der Waals surface area contributed by atoms with Crippen molar-refractivity contribution in [2.45, 2.75) is 36.7 Å². The molecule has 6 atom stereocenters. The highest BCUT2D eigenvalue weighted by molar-refractivity contribution is 9.09. The van der Waals surface area contributed by atoms with Gasteiger partial charge in [0.05, 0.1) is 15.9 Å². The van der Waals surface area contributed by atoms with Gasteiger partial charge < -0.3 is 0 Å². The summed E-state index contributed by atoms with van der Waals surface area (Å²) in [5.41, 5.74) is -0.132. The Morgan fingerprint density at radius 1 is 1.12 bits per heavy atom. The van der Waals surface area contributed by atoms with Gasteiger partial charge in [-0.25, -0.2) is 0 Å². The van der Waals surface area contributed by atoms with Gasteiger partial charge in [-0.1, -0.05) is 15.9 Å². The molecule has 4 fully saturated rings. The van der Waals surface area contributed by atoms with Crippen molar-refractivity contribution >= 4 is 31.7 Å². The number of hydrogen-bond donors (Lipinski definition) is 0. The largest absolute Gasteiger partial charge is 0.297 e. The maximum atomic E-state index is 12.7. The Labute approximate surface area is 155 Å². The van der Waals surface area contributed by atoms with Crippen LogP contribution < -0.4 is 0 Å². The lowest BCUT2D eigenvalue weighted by atomic mass is 9.51. The van der Waals surface area contributed by atoms with Gasteiger partial charge in [0, 0.05) is 17.5 Å². The lowest BCUT2D eigenvalue weighted by Gasteiger charge is -2.57. The Hall–Kier alpha value is -0.990. The van der Waals surface area contributed by atoms with Crippen molar-refractivity contribution in [3.63, 3.8) is 0 Å². The van der Waals surface area contributed by atoms with E-state index in [1.165, 1.54) is 30.7 Å². The second-order valence-corrected chi connectivity index (χ2v) is 9.80. The monoisotopic (exact) mass is 429 g/mol. The van der Waals surface area contributed by atoms with E-state index in [1.807, 2.05) is 0 Å². The van der Waals surface area contributed by atoms with Crippen molar-refractivity contribution in [3.05, 3.63) is 34.4 Å². The molecule has 0 heterocycles. The van der Waals surface area contributed by atoms with E-state index in [1.54, 1.807) is 0 Å². The van der Waals surface area contributed by atoms with Gasteiger partial charge in [-0.2, -0.15) is 8.42 Å². The second kappa shape index (κ2) is 6.32. The van der Waals surface area contributed by atoms with Crippen molar-refractivity contribution in [2.75, 3.05) is 5.33 Å². The van der Waals surface area contributed by atoms with E-state index >= 15 is 0 Å². The number of non-ortho nitro benzene ring substituents is 1. The van der Waals surface area contributed by atoms with Crippen LogP contribution in [0.15, 0.2) is 29.2 Å². The number of nitrogens with zero attached hydrogens (tertiary/aromatic N) is 1. The number of nitro groups is 1. The normalized spacial score (nSPS) is 36.5. The molecule has 0 spiro atoms. The highest BCUT2D eigenvalue weighted by Gasteiger charge is 2.54. The van der Waals surface area contributed by atoms with Gasteiger partial charge in [0.2, 0.25) is 0 Å². The number of halogens is 1. The predicted molar refractivity (Wildman–Crippen MR) is 94.9 cm³/mol. The third-order valence-corrected chi connectivity index (χ3v) is 8.35. The van der Waals surface area contributed by atoms with E-state index in [0.29, 0.717) is 23.7 Å². The van der Waals surface area contributed by atoms with Crippen molar-refractivity contribution in [3.8, 4) is 0 Å². The molecule has 5 rings (SSSR count). The van der Waals surface area contributed by atoms with E-state index in [0.717, 1.165) is 24.6 Å². The SMILES string of the molecule is O=[N+]([O-])c1ccc(S(=O)(=O)O[C@@H]2[C@@H]3C[C@@H]4C[C@@H](C3)[C@H](CBr)[C@@H]2C4)cc1. The Balaban J connectivity index is 1.57. The first-order valence-electron chi connectivity index (χ1n) is 8.62. The van der Waals surface area contributed by atoms with Gasteiger partial charge in [-0.15, -0.1) is 0 Å². The van der Waals surface area contributed by atoms with Crippen LogP contribution in [0.2, 0.25) is 0 Å². The summed E-state index contributed by atoms with van der Waals surface area (Å²) in [6, 6.07) is 4.92. The molecule has 4 aliphatic rings. The molecule has 136 valence electrons. The summed E-state index contributed by atoms with van der Waals surface area (Å²) < 4.78 is 31.1. The van der Waals surface area contributed by atoms with Gasteiger partial charge >= 0.3 is 0 Å². The maximum Gasteiger partial charge on any atom is 0.297 e. The van der Waals surface area contributed by atoms with E-state index in [9.17, 15) is 18.5 Å². The summed E-state index contributed by atoms with van der Waals surface area (Å²) in [5, 5.41) is 11.6. The van der Waals surface area contributed by atoms with Crippen LogP contribution in [0.25, 0.3) is 0 Å². The van der Waals surface area contributed by atoms with E-state index in [2.05, 4.69) is 15.9 Å². The smallest absolute Gasteiger partial charge is 0.262 e. The average molecular weight is 430 g/mol. The lowest BCUT2D eigenvalue weighted by molar-refractivity contribution is -0.384. The molecular formula is C17H20BrNO5S. The van der Waals surface area contributed by atoms with Gasteiger partial charge in [-0.3, -0.25) is 14.3 Å². The molecule has 8 heteroatoms. The first kappa shape index (κ1) is 17.4. The van der Waals surface area contributed by atoms with Gasteiger partial charge in [0.15, 0.2) is 0 Å². The summed E-state index contributed by atoms with van der Waals surface area (Å²) in [6.45, 7) is 0. The van der Waals surface area contributed by atoms with Crippen molar-refractivity contribution < 1.29 is 17.5 Å². The molecule has 0 unspecified atom stereocenters. The van der Waals surface area contributed by atoms with Crippen LogP contribution in [0.1, 0.15) is 25.7 Å². The molecule has 4 aliphatic carbocycles. The predicted octanol–water partition coefficient (Wildman–Crippen LogP) is 3.75. The molecule has 0 N–H and O–H groups in total. The third-order valence-electron chi connectivity index (χ3n) is 6.28. The van der Waals surface area contributed by atoms with Crippen LogP contribution in [-0.4, -0.2) is 24.8 Å². The summed E-state index contributed by atoms with van der Waals surface area (Å²) in [5.74, 6) is 2.47. The maximum absolute atomic E-state index is 12.7. The molecule has 1 aromatic carbocycles. The molecule has 0 saturated heterocycles. The topological polar surface area (TPSA) is 86.5 Å². The van der Waals surface area contributed by atoms with Crippen molar-refractivity contribution in [1.82, 2.24) is 0 Å². The van der Waals surface area contributed by atoms with E-state index in [4.69, 9.17) is 4.18 Å². The quantitative estimate of drug-likeness (QED) is 0.307. The zero-order chi connectivity index (χ0) is 17.8. The van der Waals surface area contributed by atoms with E-state index in [-0.39, 0.29) is 22.6 Å². The first-order chi connectivity index (χ1) is 11.9. The summed E-state index contributed by atoms with van der Waals surface area (Å²) in [7, 11) is -3.92. The molecule has 0 amide bonds. The molecule has 0 radical (unpaired) electrons. The van der Waals surface area contributed by atoms with Crippen LogP contribution in [0.4, 0.5) is 5.69 Å². The summed E-state index contributed by atoms with van der Waals surface area (Å²) in [6.07, 6.45) is 4.15. The zero-order valence-electron chi connectivity index (χ0n) is 13.6. The fraction of sp³-hybridized carbons (Fsp3) is 0.647. The van der Waals surface area contributed by atoms with Crippen LogP contribution in [0, 0.1) is 39.7 Å². The minimum Gasteiger partial charge on any atom is -0.262 e. The second-order valence-electron chi connectivity index (χ2n) is 7.58. The fourth-order valence-corrected chi connectivity index (χ4v) is 7.49. The van der Waals surface area contributed by atoms with Crippen LogP contribution in [0.5, 0.6) is 0 Å². The van der Waals surface area contributed by atoms with Crippen molar-refractivity contribution in [2.24, 2.45) is 29.6 Å². The van der Waals surface area contributed by atoms with Crippen LogP contribution >= 0.6 is 15.9 Å². The molecule has 6 nitrogen and oxygen atoms in total. The molecule has 0 aromatic heterocycles. The van der Waals surface area contributed by atoms with Crippen LogP contribution in [0.3, 0.4) is 0 Å². The molecule has 0 aliphatic heterocycles. The highest BCUT2D eigenvalue weighted by Crippen LogP contribution is 2.58. The number of nitro benzene ring substituents is 1. The highest BCUT2D eigenvalue weighted by atomic mass is 79.9. The van der Waals surface area contributed by atoms with Crippen molar-refractivity contribution in [1.29, 1.82) is 0 Å². The van der Waals surface area contributed by atoms with Gasteiger partial charge in [0.25, 0.3) is 15.8 Å². The van der Waals surface area contributed by atoms with Crippen LogP contribution in [-0.2, 0) is 14.3 Å². The standard InChI is InChI=1S/C17H20BrNO5S/c18-9-16-11-5-10-6-12(8-11)17(15(16)7-10)24-25(22,23)14-3-1-13(2-4-14)19(20)21/h1-4,10-12,15-17H,5-9H2/t10-,11-,12+,15-,16-,17+/m0/s1. The lowest BCUT2D eigenvalue weighted by Crippen LogP contribution is -2.55. The van der Waals surface area contributed by atoms with E-state index < -0.39 is 15.0 Å². The molecule has 4 saturated carbocycles. The minimum atomic E-state index is -3.92. The molecule has 4 bridgehead atoms. The van der Waals surface area contributed by atoms with Gasteiger partial charge in [-0.05, 0) is 67.4 Å². The first-order valence-corrected chi connectivity index (χ1v) is 11.2. The number of alkyl halides is 1. The fourth-order valence-electron chi connectivity index (χ4n) is 5.31. The Kier molecular flexibility index (Phi) is 4.40. The Bertz CT molecular complexity index is 781. The number of hydrogen-bond acceptors (Lipinski definition) is 5. The molecule has 25 heavy (non-hydrogen) atoms. The third kappa shape index (κ3) is 3.02. The zero-order valence-corrected chi connectivity index (χ0v) is 16.0. The van der Waals surface area contributed by atoms with Gasteiger partial charge in [0.1, 0.15) is 0 Å². The summed E-state index contributed by atoms with van der Waals surface area (Å²) >= 11 is 3.61. The molecule has 1 aromatic rings. The number of benzene rings is 1. The minimum absolute atomic E-state index is 0.0118. The molecular weight excluding hydrogens is 410 g/mol. The average Bonchev–Trinajstić information content (AvgIpc) is 2.58. The summed E-state index contributed by atoms with van der Waals surface area (Å²) in [4.78, 5) is 10.2. The Morgan fingerprint density at radius 3 is 2.44 bits per heavy atom.